The molecule has 1 saturated heterocycles. The molecule has 3 rings (SSSR count). The zero-order chi connectivity index (χ0) is 22.6. The predicted molar refractivity (Wildman–Crippen MR) is 105 cm³/mol. The monoisotopic (exact) mass is 438 g/mol. The van der Waals surface area contributed by atoms with Gasteiger partial charge in [-0.2, -0.15) is 13.2 Å². The first-order valence-electron chi connectivity index (χ1n) is 9.50. The van der Waals surface area contributed by atoms with Crippen molar-refractivity contribution in [2.45, 2.75) is 25.2 Å². The average molecular weight is 438 g/mol. The van der Waals surface area contributed by atoms with Gasteiger partial charge in [-0.25, -0.2) is 4.98 Å². The number of benzene rings is 1. The highest BCUT2D eigenvalue weighted by molar-refractivity contribution is 5.71. The quantitative estimate of drug-likeness (QED) is 0.389. The highest BCUT2D eigenvalue weighted by Crippen LogP contribution is 2.36. The van der Waals surface area contributed by atoms with Crippen LogP contribution in [-0.4, -0.2) is 53.6 Å². The smallest absolute Gasteiger partial charge is 0.418 e. The molecule has 0 spiro atoms. The van der Waals surface area contributed by atoms with Gasteiger partial charge in [0.1, 0.15) is 0 Å². The van der Waals surface area contributed by atoms with E-state index in [1.54, 1.807) is 0 Å². The maximum atomic E-state index is 13.0. The van der Waals surface area contributed by atoms with Crippen LogP contribution in [0.1, 0.15) is 17.5 Å². The van der Waals surface area contributed by atoms with Gasteiger partial charge in [0.25, 0.3) is 0 Å². The van der Waals surface area contributed by atoms with Crippen molar-refractivity contribution < 1.29 is 27.6 Å². The second-order valence-electron chi connectivity index (χ2n) is 7.17. The minimum atomic E-state index is -4.75. The van der Waals surface area contributed by atoms with E-state index in [0.29, 0.717) is 31.9 Å². The molecule has 0 amide bonds. The van der Waals surface area contributed by atoms with Crippen LogP contribution in [0.4, 0.5) is 24.7 Å². The maximum absolute atomic E-state index is 13.0. The van der Waals surface area contributed by atoms with Crippen molar-refractivity contribution in [3.05, 3.63) is 63.8 Å². The van der Waals surface area contributed by atoms with E-state index in [0.717, 1.165) is 5.56 Å². The van der Waals surface area contributed by atoms with E-state index >= 15 is 0 Å². The minimum Gasteiger partial charge on any atom is -0.469 e. The Labute approximate surface area is 176 Å². The molecule has 2 heterocycles. The SMILES string of the molecule is COC(=O)CC1CN(Cc2ccccc2)CCN1c1ncc(C(F)(F)F)cc1[N+](=O)[O-]. The summed E-state index contributed by atoms with van der Waals surface area (Å²) >= 11 is 0. The Morgan fingerprint density at radius 1 is 1.29 bits per heavy atom. The van der Waals surface area contributed by atoms with E-state index in [4.69, 9.17) is 4.74 Å². The molecule has 1 aliphatic rings. The lowest BCUT2D eigenvalue weighted by atomic mass is 10.1. The first-order chi connectivity index (χ1) is 14.7. The van der Waals surface area contributed by atoms with Crippen molar-refractivity contribution in [2.24, 2.45) is 0 Å². The molecular formula is C20H21F3N4O4. The topological polar surface area (TPSA) is 88.8 Å². The van der Waals surface area contributed by atoms with Gasteiger partial charge in [-0.15, -0.1) is 0 Å². The Bertz CT molecular complexity index is 940. The van der Waals surface area contributed by atoms with Crippen LogP contribution in [0.5, 0.6) is 0 Å². The Kier molecular flexibility index (Phi) is 6.74. The summed E-state index contributed by atoms with van der Waals surface area (Å²) in [7, 11) is 1.23. The molecule has 31 heavy (non-hydrogen) atoms. The normalized spacial score (nSPS) is 17.4. The van der Waals surface area contributed by atoms with E-state index in [1.807, 2.05) is 30.3 Å². The molecule has 1 aromatic heterocycles. The maximum Gasteiger partial charge on any atom is 0.418 e. The number of alkyl halides is 3. The minimum absolute atomic E-state index is 0.0817. The molecule has 1 aliphatic heterocycles. The Hall–Kier alpha value is -3.21. The number of methoxy groups -OCH3 is 1. The zero-order valence-electron chi connectivity index (χ0n) is 16.7. The summed E-state index contributed by atoms with van der Waals surface area (Å²) in [6, 6.07) is 9.58. The number of hydrogen-bond donors (Lipinski definition) is 0. The number of nitro groups is 1. The van der Waals surface area contributed by atoms with E-state index in [1.165, 1.54) is 12.0 Å². The second-order valence-corrected chi connectivity index (χ2v) is 7.17. The van der Waals surface area contributed by atoms with Crippen LogP contribution in [0.25, 0.3) is 0 Å². The Morgan fingerprint density at radius 2 is 2.00 bits per heavy atom. The van der Waals surface area contributed by atoms with Gasteiger partial charge in [0.15, 0.2) is 0 Å². The fourth-order valence-corrected chi connectivity index (χ4v) is 3.59. The van der Waals surface area contributed by atoms with Crippen molar-refractivity contribution in [3.63, 3.8) is 0 Å². The third kappa shape index (κ3) is 5.48. The molecule has 1 aromatic carbocycles. The standard InChI is InChI=1S/C20H21F3N4O4/c1-31-18(28)10-16-13-25(12-14-5-3-2-4-6-14)7-8-26(16)19-17(27(29)30)9-15(11-24-19)20(21,22)23/h2-6,9,11,16H,7-8,10,12-13H2,1H3. The van der Waals surface area contributed by atoms with Gasteiger partial charge >= 0.3 is 17.8 Å². The number of hydrogen-bond acceptors (Lipinski definition) is 7. The highest BCUT2D eigenvalue weighted by Gasteiger charge is 2.37. The number of esters is 1. The zero-order valence-corrected chi connectivity index (χ0v) is 16.7. The van der Waals surface area contributed by atoms with Crippen molar-refractivity contribution in [1.29, 1.82) is 0 Å². The third-order valence-corrected chi connectivity index (χ3v) is 5.09. The highest BCUT2D eigenvalue weighted by atomic mass is 19.4. The van der Waals surface area contributed by atoms with E-state index < -0.39 is 34.4 Å². The van der Waals surface area contributed by atoms with Gasteiger partial charge in [0.05, 0.1) is 30.1 Å². The fourth-order valence-electron chi connectivity index (χ4n) is 3.59. The number of carbonyl (C=O) groups is 1. The number of rotatable bonds is 6. The van der Waals surface area contributed by atoms with Gasteiger partial charge in [-0.1, -0.05) is 30.3 Å². The van der Waals surface area contributed by atoms with Crippen LogP contribution in [0.2, 0.25) is 0 Å². The molecule has 0 aliphatic carbocycles. The third-order valence-electron chi connectivity index (χ3n) is 5.09. The molecule has 0 N–H and O–H groups in total. The number of anilines is 1. The lowest BCUT2D eigenvalue weighted by molar-refractivity contribution is -0.384. The molecule has 1 fully saturated rings. The van der Waals surface area contributed by atoms with Crippen molar-refractivity contribution in [3.8, 4) is 0 Å². The number of ether oxygens (including phenoxy) is 1. The van der Waals surface area contributed by atoms with Crippen LogP contribution < -0.4 is 4.90 Å². The number of piperazine rings is 1. The number of pyridine rings is 1. The van der Waals surface area contributed by atoms with Crippen LogP contribution in [0, 0.1) is 10.1 Å². The Balaban J connectivity index is 1.90. The van der Waals surface area contributed by atoms with E-state index in [-0.39, 0.29) is 18.8 Å². The average Bonchev–Trinajstić information content (AvgIpc) is 2.73. The van der Waals surface area contributed by atoms with Crippen molar-refractivity contribution in [1.82, 2.24) is 9.88 Å². The summed E-state index contributed by atoms with van der Waals surface area (Å²) in [4.78, 5) is 30.0. The number of carbonyl (C=O) groups excluding carboxylic acids is 1. The van der Waals surface area contributed by atoms with Crippen molar-refractivity contribution >= 4 is 17.5 Å². The first kappa shape index (κ1) is 22.5. The molecule has 0 bridgehead atoms. The van der Waals surface area contributed by atoms with Gasteiger partial charge in [0, 0.05) is 38.4 Å². The number of halogens is 3. The molecule has 2 aromatic rings. The largest absolute Gasteiger partial charge is 0.469 e. The second kappa shape index (κ2) is 9.29. The van der Waals surface area contributed by atoms with Gasteiger partial charge in [-0.05, 0) is 5.56 Å². The van der Waals surface area contributed by atoms with Gasteiger partial charge in [-0.3, -0.25) is 19.8 Å². The van der Waals surface area contributed by atoms with Crippen molar-refractivity contribution in [2.75, 3.05) is 31.6 Å². The molecular weight excluding hydrogens is 417 g/mol. The lowest BCUT2D eigenvalue weighted by Gasteiger charge is -2.41. The number of nitrogens with zero attached hydrogens (tertiary/aromatic N) is 4. The van der Waals surface area contributed by atoms with Gasteiger partial charge in [0.2, 0.25) is 5.82 Å². The summed E-state index contributed by atoms with van der Waals surface area (Å²) in [5.74, 6) is -0.711. The summed E-state index contributed by atoms with van der Waals surface area (Å²) in [5.41, 5.74) is -0.886. The summed E-state index contributed by atoms with van der Waals surface area (Å²) in [5, 5.41) is 11.5. The van der Waals surface area contributed by atoms with Crippen LogP contribution in [-0.2, 0) is 22.3 Å². The molecule has 1 atom stereocenters. The lowest BCUT2D eigenvalue weighted by Crippen LogP contribution is -2.54. The Morgan fingerprint density at radius 3 is 2.61 bits per heavy atom. The molecule has 0 radical (unpaired) electrons. The predicted octanol–water partition coefficient (Wildman–Crippen LogP) is 3.26. The van der Waals surface area contributed by atoms with Crippen LogP contribution in [0.15, 0.2) is 42.6 Å². The summed E-state index contributed by atoms with van der Waals surface area (Å²) in [6.45, 7) is 1.72. The van der Waals surface area contributed by atoms with E-state index in [2.05, 4.69) is 9.88 Å². The molecule has 11 heteroatoms. The molecule has 0 saturated carbocycles. The van der Waals surface area contributed by atoms with Gasteiger partial charge < -0.3 is 9.64 Å². The van der Waals surface area contributed by atoms with E-state index in [9.17, 15) is 28.1 Å². The first-order valence-corrected chi connectivity index (χ1v) is 9.50. The van der Waals surface area contributed by atoms with Crippen LogP contribution >= 0.6 is 0 Å². The van der Waals surface area contributed by atoms with Crippen LogP contribution in [0.3, 0.4) is 0 Å². The molecule has 1 unspecified atom stereocenters. The molecule has 166 valence electrons. The molecule has 8 nitrogen and oxygen atoms in total. The summed E-state index contributed by atoms with van der Waals surface area (Å²) in [6.07, 6.45) is -4.26. The number of aromatic nitrogens is 1. The summed E-state index contributed by atoms with van der Waals surface area (Å²) < 4.78 is 43.8. The fraction of sp³-hybridized carbons (Fsp3) is 0.400.